The van der Waals surface area contributed by atoms with Gasteiger partial charge in [0.05, 0.1) is 12.2 Å². The van der Waals surface area contributed by atoms with Gasteiger partial charge in [0.25, 0.3) is 0 Å². The Labute approximate surface area is 129 Å². The number of hydrogen-bond acceptors (Lipinski definition) is 5. The molecule has 2 aliphatic rings. The quantitative estimate of drug-likeness (QED) is 0.865. The van der Waals surface area contributed by atoms with Gasteiger partial charge in [-0.3, -0.25) is 14.8 Å². The second-order valence-electron chi connectivity index (χ2n) is 6.16. The normalized spacial score (nSPS) is 26.3. The highest BCUT2D eigenvalue weighted by atomic mass is 32.1. The monoisotopic (exact) mass is 300 g/mol. The van der Waals surface area contributed by atoms with Gasteiger partial charge in [-0.05, 0) is 24.0 Å². The number of fused-ring (bicyclic) bond motifs is 1. The maximum Gasteiger partial charge on any atom is 0.107 e. The van der Waals surface area contributed by atoms with Crippen molar-refractivity contribution in [3.05, 3.63) is 46.7 Å². The molecule has 2 aliphatic heterocycles. The lowest BCUT2D eigenvalue weighted by atomic mass is 10.0. The Kier molecular flexibility index (Phi) is 3.71. The van der Waals surface area contributed by atoms with Crippen LogP contribution in [0.15, 0.2) is 36.0 Å². The van der Waals surface area contributed by atoms with E-state index in [1.54, 1.807) is 11.3 Å². The van der Waals surface area contributed by atoms with Crippen LogP contribution < -0.4 is 0 Å². The smallest absolute Gasteiger partial charge is 0.107 e. The molecule has 110 valence electrons. The zero-order valence-corrected chi connectivity index (χ0v) is 12.9. The molecule has 21 heavy (non-hydrogen) atoms. The highest BCUT2D eigenvalue weighted by Crippen LogP contribution is 2.32. The van der Waals surface area contributed by atoms with Crippen molar-refractivity contribution < 1.29 is 0 Å². The van der Waals surface area contributed by atoms with Crippen molar-refractivity contribution in [1.82, 2.24) is 19.8 Å². The fraction of sp³-hybridized carbons (Fsp3) is 0.500. The van der Waals surface area contributed by atoms with Crippen LogP contribution in [0, 0.1) is 11.8 Å². The van der Waals surface area contributed by atoms with Crippen molar-refractivity contribution in [3.8, 4) is 0 Å². The van der Waals surface area contributed by atoms with Crippen LogP contribution in [0.3, 0.4) is 0 Å². The van der Waals surface area contributed by atoms with Gasteiger partial charge in [-0.1, -0.05) is 6.07 Å². The molecular weight excluding hydrogens is 280 g/mol. The predicted molar refractivity (Wildman–Crippen MR) is 83.9 cm³/mol. The number of nitrogens with zero attached hydrogens (tertiary/aromatic N) is 4. The second-order valence-corrected chi connectivity index (χ2v) is 7.13. The van der Waals surface area contributed by atoms with E-state index in [0.717, 1.165) is 24.9 Å². The molecule has 0 bridgehead atoms. The Hall–Kier alpha value is -1.30. The Bertz CT molecular complexity index is 557. The molecule has 2 aromatic rings. The molecule has 2 atom stereocenters. The van der Waals surface area contributed by atoms with Gasteiger partial charge in [0.1, 0.15) is 5.01 Å². The summed E-state index contributed by atoms with van der Waals surface area (Å²) in [5.74, 6) is 1.65. The van der Waals surface area contributed by atoms with Crippen molar-refractivity contribution in [2.45, 2.75) is 13.1 Å². The molecular formula is C16H20N4S. The van der Waals surface area contributed by atoms with Crippen LogP contribution in [0.5, 0.6) is 0 Å². The molecule has 5 heteroatoms. The van der Waals surface area contributed by atoms with Gasteiger partial charge >= 0.3 is 0 Å². The zero-order valence-electron chi connectivity index (χ0n) is 12.1. The van der Waals surface area contributed by atoms with Crippen LogP contribution in [0.1, 0.15) is 10.7 Å². The van der Waals surface area contributed by atoms with Crippen LogP contribution in [-0.4, -0.2) is 45.9 Å². The molecule has 2 aromatic heterocycles. The number of hydrogen-bond donors (Lipinski definition) is 0. The fourth-order valence-corrected chi connectivity index (χ4v) is 4.35. The summed E-state index contributed by atoms with van der Waals surface area (Å²) in [6.07, 6.45) is 3.80. The minimum Gasteiger partial charge on any atom is -0.297 e. The molecule has 4 nitrogen and oxygen atoms in total. The van der Waals surface area contributed by atoms with Crippen LogP contribution in [-0.2, 0) is 13.1 Å². The van der Waals surface area contributed by atoms with Crippen molar-refractivity contribution in [2.75, 3.05) is 26.2 Å². The van der Waals surface area contributed by atoms with Crippen LogP contribution in [0.4, 0.5) is 0 Å². The topological polar surface area (TPSA) is 32.3 Å². The molecule has 2 saturated heterocycles. The Morgan fingerprint density at radius 1 is 0.952 bits per heavy atom. The van der Waals surface area contributed by atoms with Crippen LogP contribution >= 0.6 is 11.3 Å². The molecule has 0 spiro atoms. The molecule has 0 saturated carbocycles. The van der Waals surface area contributed by atoms with E-state index in [2.05, 4.69) is 37.3 Å². The van der Waals surface area contributed by atoms with E-state index >= 15 is 0 Å². The molecule has 0 amide bonds. The van der Waals surface area contributed by atoms with E-state index in [9.17, 15) is 0 Å². The third-order valence-corrected chi connectivity index (χ3v) is 5.36. The van der Waals surface area contributed by atoms with Crippen molar-refractivity contribution in [2.24, 2.45) is 11.8 Å². The van der Waals surface area contributed by atoms with E-state index in [1.165, 1.54) is 36.9 Å². The Morgan fingerprint density at radius 3 is 2.33 bits per heavy atom. The van der Waals surface area contributed by atoms with E-state index < -0.39 is 0 Å². The largest absolute Gasteiger partial charge is 0.297 e. The first-order chi connectivity index (χ1) is 10.4. The molecule has 0 N–H and O–H groups in total. The summed E-state index contributed by atoms with van der Waals surface area (Å²) < 4.78 is 0. The lowest BCUT2D eigenvalue weighted by Crippen LogP contribution is -2.28. The van der Waals surface area contributed by atoms with Gasteiger partial charge in [0.2, 0.25) is 0 Å². The standard InChI is InChI=1S/C16H20N4S/c1-2-4-17-15(3-1)11-19-7-13-9-20(10-14(13)8-19)12-16-18-5-6-21-16/h1-6,13-14H,7-12H2. The van der Waals surface area contributed by atoms with Gasteiger partial charge in [0, 0.05) is 50.5 Å². The van der Waals surface area contributed by atoms with Crippen molar-refractivity contribution >= 4 is 11.3 Å². The van der Waals surface area contributed by atoms with Gasteiger partial charge in [-0.2, -0.15) is 0 Å². The van der Waals surface area contributed by atoms with Gasteiger partial charge in [0.15, 0.2) is 0 Å². The summed E-state index contributed by atoms with van der Waals surface area (Å²) in [7, 11) is 0. The van der Waals surface area contributed by atoms with Gasteiger partial charge in [-0.25, -0.2) is 4.98 Å². The van der Waals surface area contributed by atoms with E-state index in [-0.39, 0.29) is 0 Å². The summed E-state index contributed by atoms with van der Waals surface area (Å²) in [5.41, 5.74) is 1.19. The first kappa shape index (κ1) is 13.4. The molecule has 4 rings (SSSR count). The van der Waals surface area contributed by atoms with E-state index in [4.69, 9.17) is 0 Å². The average molecular weight is 300 g/mol. The summed E-state index contributed by atoms with van der Waals surface area (Å²) in [6, 6.07) is 6.19. The Balaban J connectivity index is 1.31. The number of thiazole rings is 1. The van der Waals surface area contributed by atoms with E-state index in [0.29, 0.717) is 0 Å². The minimum absolute atomic E-state index is 0.827. The maximum absolute atomic E-state index is 4.44. The van der Waals surface area contributed by atoms with E-state index in [1.807, 2.05) is 18.5 Å². The average Bonchev–Trinajstić information content (AvgIpc) is 3.17. The summed E-state index contributed by atoms with van der Waals surface area (Å²) in [4.78, 5) is 14.0. The highest BCUT2D eigenvalue weighted by molar-refractivity contribution is 7.09. The third kappa shape index (κ3) is 3.00. The number of pyridine rings is 1. The molecule has 0 aliphatic carbocycles. The molecule has 0 radical (unpaired) electrons. The summed E-state index contributed by atoms with van der Waals surface area (Å²) >= 11 is 1.77. The molecule has 2 unspecified atom stereocenters. The van der Waals surface area contributed by atoms with Crippen LogP contribution in [0.25, 0.3) is 0 Å². The summed E-state index contributed by atoms with van der Waals surface area (Å²) in [6.45, 7) is 6.92. The number of rotatable bonds is 4. The number of aromatic nitrogens is 2. The van der Waals surface area contributed by atoms with Crippen molar-refractivity contribution in [1.29, 1.82) is 0 Å². The molecule has 4 heterocycles. The Morgan fingerprint density at radius 2 is 1.71 bits per heavy atom. The van der Waals surface area contributed by atoms with Crippen LogP contribution in [0.2, 0.25) is 0 Å². The van der Waals surface area contributed by atoms with Gasteiger partial charge < -0.3 is 0 Å². The minimum atomic E-state index is 0.827. The third-order valence-electron chi connectivity index (χ3n) is 4.59. The molecule has 2 fully saturated rings. The first-order valence-corrected chi connectivity index (χ1v) is 8.48. The maximum atomic E-state index is 4.44. The lowest BCUT2D eigenvalue weighted by Gasteiger charge is -2.20. The summed E-state index contributed by atoms with van der Waals surface area (Å²) in [5, 5.41) is 3.32. The molecule has 0 aromatic carbocycles. The van der Waals surface area contributed by atoms with Gasteiger partial charge in [-0.15, -0.1) is 11.3 Å². The fourth-order valence-electron chi connectivity index (χ4n) is 3.69. The highest BCUT2D eigenvalue weighted by Gasteiger charge is 2.39. The first-order valence-electron chi connectivity index (χ1n) is 7.60. The zero-order chi connectivity index (χ0) is 14.1. The second kappa shape index (κ2) is 5.83. The lowest BCUT2D eigenvalue weighted by molar-refractivity contribution is 0.244. The SMILES string of the molecule is c1ccc(CN2CC3CN(Cc4nccs4)CC3C2)nc1. The van der Waals surface area contributed by atoms with Crippen molar-refractivity contribution in [3.63, 3.8) is 0 Å². The number of likely N-dealkylation sites (tertiary alicyclic amines) is 2. The predicted octanol–water partition coefficient (Wildman–Crippen LogP) is 2.10.